The molecule has 132 valence electrons. The fourth-order valence-corrected chi connectivity index (χ4v) is 3.06. The Morgan fingerprint density at radius 1 is 1.42 bits per heavy atom. The molecule has 0 amide bonds. The highest BCUT2D eigenvalue weighted by Gasteiger charge is 2.41. The molecular weight excluding hydrogens is 359 g/mol. The van der Waals surface area contributed by atoms with Crippen molar-refractivity contribution in [3.63, 3.8) is 0 Å². The molecule has 2 aromatic rings. The molecule has 1 fully saturated rings. The van der Waals surface area contributed by atoms with Crippen LogP contribution in [0.25, 0.3) is 11.2 Å². The number of imidazole rings is 1. The quantitative estimate of drug-likeness (QED) is 0.485. The van der Waals surface area contributed by atoms with Crippen molar-refractivity contribution < 1.29 is 19.3 Å². The van der Waals surface area contributed by atoms with Crippen molar-refractivity contribution in [1.82, 2.24) is 19.5 Å². The molecule has 3 atom stereocenters. The van der Waals surface area contributed by atoms with Crippen LogP contribution in [-0.4, -0.2) is 56.3 Å². The van der Waals surface area contributed by atoms with Gasteiger partial charge in [0.15, 0.2) is 22.8 Å². The lowest BCUT2D eigenvalue weighted by atomic mass is 10.2. The molecule has 1 saturated heterocycles. The van der Waals surface area contributed by atoms with Crippen molar-refractivity contribution in [3.8, 4) is 0 Å². The normalized spacial score (nSPS) is 24.8. The Hall–Kier alpha value is -1.03. The van der Waals surface area contributed by atoms with E-state index < -0.39 is 12.0 Å². The van der Waals surface area contributed by atoms with Crippen LogP contribution in [0.3, 0.4) is 0 Å². The summed E-state index contributed by atoms with van der Waals surface area (Å²) in [7, 11) is 1.56. The number of nitrogens with zero attached hydrogens (tertiary/aromatic N) is 4. The van der Waals surface area contributed by atoms with Gasteiger partial charge < -0.3 is 19.3 Å². The Morgan fingerprint density at radius 3 is 2.83 bits per heavy atom. The van der Waals surface area contributed by atoms with Crippen LogP contribution in [0, 0.1) is 0 Å². The smallest absolute Gasteiger partial charge is 0.225 e. The molecule has 3 rings (SSSR count). The molecule has 2 aromatic heterocycles. The number of aliphatic hydroxyl groups is 1. The summed E-state index contributed by atoms with van der Waals surface area (Å²) in [6.07, 6.45) is 0.756. The predicted molar refractivity (Wildman–Crippen MR) is 86.9 cm³/mol. The molecule has 0 spiro atoms. The van der Waals surface area contributed by atoms with Crippen molar-refractivity contribution in [2.75, 3.05) is 13.7 Å². The van der Waals surface area contributed by atoms with Gasteiger partial charge in [-0.05, 0) is 25.4 Å². The fraction of sp³-hybridized carbons (Fsp3) is 0.643. The molecule has 0 bridgehead atoms. The summed E-state index contributed by atoms with van der Waals surface area (Å²) < 4.78 is 18.9. The molecule has 3 unspecified atom stereocenters. The van der Waals surface area contributed by atoms with E-state index in [1.807, 2.05) is 0 Å². The van der Waals surface area contributed by atoms with Gasteiger partial charge in [-0.25, -0.2) is 9.97 Å². The van der Waals surface area contributed by atoms with E-state index in [1.165, 1.54) is 0 Å². The number of halogens is 2. The summed E-state index contributed by atoms with van der Waals surface area (Å²) in [5.74, 6) is -0.808. The van der Waals surface area contributed by atoms with Gasteiger partial charge in [0.2, 0.25) is 5.28 Å². The average molecular weight is 377 g/mol. The van der Waals surface area contributed by atoms with Crippen LogP contribution in [0.2, 0.25) is 10.4 Å². The molecular formula is C14H18Cl2N4O4. The third-order valence-electron chi connectivity index (χ3n) is 3.90. The van der Waals surface area contributed by atoms with Crippen LogP contribution < -0.4 is 0 Å². The van der Waals surface area contributed by atoms with Crippen LogP contribution >= 0.6 is 23.2 Å². The monoisotopic (exact) mass is 376 g/mol. The predicted octanol–water partition coefficient (Wildman–Crippen LogP) is 2.18. The fourth-order valence-electron chi connectivity index (χ4n) is 2.64. The number of fused-ring (bicyclic) bond motifs is 1. The molecule has 3 heterocycles. The maximum absolute atomic E-state index is 9.45. The highest BCUT2D eigenvalue weighted by atomic mass is 35.5. The van der Waals surface area contributed by atoms with Gasteiger partial charge in [0.1, 0.15) is 11.6 Å². The number of hydrogen-bond acceptors (Lipinski definition) is 7. The number of methoxy groups -OCH3 is 1. The first-order valence-corrected chi connectivity index (χ1v) is 8.15. The Balaban J connectivity index is 1.99. The first-order chi connectivity index (χ1) is 11.3. The average Bonchev–Trinajstić information content (AvgIpc) is 3.10. The van der Waals surface area contributed by atoms with Gasteiger partial charge in [-0.2, -0.15) is 4.98 Å². The molecule has 0 aliphatic carbocycles. The molecule has 24 heavy (non-hydrogen) atoms. The summed E-state index contributed by atoms with van der Waals surface area (Å²) in [5.41, 5.74) is 0.856. The third kappa shape index (κ3) is 3.35. The van der Waals surface area contributed by atoms with Gasteiger partial charge in [-0.3, -0.25) is 4.57 Å². The standard InChI is InChI=1S/C14H18Cl2N4O4/c1-14(2,22-3)24-8-4-7(5-21)23-12(8)20-6-17-9-10(15)18-13(16)19-11(9)20/h6-8,12,21H,4-5H2,1-3H3. The molecule has 0 saturated carbocycles. The lowest BCUT2D eigenvalue weighted by molar-refractivity contribution is -0.237. The number of aliphatic hydroxyl groups excluding tert-OH is 1. The van der Waals surface area contributed by atoms with E-state index in [4.69, 9.17) is 37.4 Å². The summed E-state index contributed by atoms with van der Waals surface area (Å²) in [6.45, 7) is 3.49. The zero-order chi connectivity index (χ0) is 17.5. The third-order valence-corrected chi connectivity index (χ3v) is 4.33. The number of aromatic nitrogens is 4. The Labute approximate surface area is 148 Å². The molecule has 1 aliphatic rings. The highest BCUT2D eigenvalue weighted by Crippen LogP contribution is 2.36. The molecule has 8 nitrogen and oxygen atoms in total. The van der Waals surface area contributed by atoms with Crippen LogP contribution in [0.15, 0.2) is 6.33 Å². The van der Waals surface area contributed by atoms with Crippen molar-refractivity contribution in [2.24, 2.45) is 0 Å². The van der Waals surface area contributed by atoms with Crippen LogP contribution in [-0.2, 0) is 14.2 Å². The lowest BCUT2D eigenvalue weighted by Gasteiger charge is -2.30. The van der Waals surface area contributed by atoms with E-state index in [0.717, 1.165) is 0 Å². The second-order valence-electron chi connectivity index (χ2n) is 5.93. The number of ether oxygens (including phenoxy) is 3. The van der Waals surface area contributed by atoms with Gasteiger partial charge in [0.05, 0.1) is 19.0 Å². The molecule has 0 radical (unpaired) electrons. The van der Waals surface area contributed by atoms with Crippen molar-refractivity contribution in [2.45, 2.75) is 44.5 Å². The minimum absolute atomic E-state index is 0.0145. The number of hydrogen-bond donors (Lipinski definition) is 1. The van der Waals surface area contributed by atoms with Crippen LogP contribution in [0.5, 0.6) is 0 Å². The van der Waals surface area contributed by atoms with Gasteiger partial charge in [0, 0.05) is 13.5 Å². The summed E-state index contributed by atoms with van der Waals surface area (Å²) in [5, 5.41) is 9.63. The van der Waals surface area contributed by atoms with E-state index in [2.05, 4.69) is 15.0 Å². The first kappa shape index (κ1) is 17.8. The summed E-state index contributed by atoms with van der Waals surface area (Å²) in [4.78, 5) is 12.3. The lowest BCUT2D eigenvalue weighted by Crippen LogP contribution is -2.35. The second-order valence-corrected chi connectivity index (χ2v) is 6.63. The van der Waals surface area contributed by atoms with Crippen molar-refractivity contribution in [1.29, 1.82) is 0 Å². The maximum Gasteiger partial charge on any atom is 0.225 e. The summed E-state index contributed by atoms with van der Waals surface area (Å²) in [6, 6.07) is 0. The van der Waals surface area contributed by atoms with Crippen LogP contribution in [0.1, 0.15) is 26.5 Å². The van der Waals surface area contributed by atoms with E-state index >= 15 is 0 Å². The highest BCUT2D eigenvalue weighted by molar-refractivity contribution is 6.35. The SMILES string of the molecule is COC(C)(C)OC1CC(CO)OC1n1cnc2c(Cl)nc(Cl)nc21. The first-order valence-electron chi connectivity index (χ1n) is 7.39. The molecule has 1 aliphatic heterocycles. The van der Waals surface area contributed by atoms with Crippen molar-refractivity contribution in [3.05, 3.63) is 16.8 Å². The van der Waals surface area contributed by atoms with Gasteiger partial charge >= 0.3 is 0 Å². The minimum atomic E-state index is -0.808. The van der Waals surface area contributed by atoms with Gasteiger partial charge in [0.25, 0.3) is 0 Å². The Bertz CT molecular complexity index is 739. The Morgan fingerprint density at radius 2 is 2.17 bits per heavy atom. The van der Waals surface area contributed by atoms with Gasteiger partial charge in [-0.1, -0.05) is 11.6 Å². The summed E-state index contributed by atoms with van der Waals surface area (Å²) >= 11 is 12.0. The van der Waals surface area contributed by atoms with Crippen LogP contribution in [0.4, 0.5) is 0 Å². The van der Waals surface area contributed by atoms with Gasteiger partial charge in [-0.15, -0.1) is 0 Å². The largest absolute Gasteiger partial charge is 0.394 e. The topological polar surface area (TPSA) is 91.5 Å². The number of rotatable bonds is 5. The Kier molecular flexibility index (Phi) is 4.96. The van der Waals surface area contributed by atoms with E-state index in [1.54, 1.807) is 31.9 Å². The van der Waals surface area contributed by atoms with E-state index in [9.17, 15) is 5.11 Å². The zero-order valence-corrected chi connectivity index (χ0v) is 15.0. The molecule has 0 aromatic carbocycles. The molecule has 1 N–H and O–H groups in total. The minimum Gasteiger partial charge on any atom is -0.394 e. The van der Waals surface area contributed by atoms with E-state index in [-0.39, 0.29) is 29.3 Å². The van der Waals surface area contributed by atoms with Crippen molar-refractivity contribution >= 4 is 34.4 Å². The zero-order valence-electron chi connectivity index (χ0n) is 13.4. The maximum atomic E-state index is 9.45. The van der Waals surface area contributed by atoms with E-state index in [0.29, 0.717) is 17.6 Å². The molecule has 10 heteroatoms. The second kappa shape index (κ2) is 6.70.